The molecule has 0 amide bonds. The van der Waals surface area contributed by atoms with Crippen LogP contribution in [0.3, 0.4) is 0 Å². The molecule has 358 valence electrons. The Morgan fingerprint density at radius 3 is 1.11 bits per heavy atom. The van der Waals surface area contributed by atoms with Gasteiger partial charge in [0.2, 0.25) is 0 Å². The first-order valence-electron chi connectivity index (χ1n) is 26.2. The maximum atomic E-state index is 2.50. The molecule has 1 heterocycles. The van der Waals surface area contributed by atoms with E-state index in [9.17, 15) is 0 Å². The second-order valence-electron chi connectivity index (χ2n) is 19.7. The van der Waals surface area contributed by atoms with Gasteiger partial charge in [-0.25, -0.2) is 0 Å². The van der Waals surface area contributed by atoms with Gasteiger partial charge in [-0.3, -0.25) is 0 Å². The zero-order valence-corrected chi connectivity index (χ0v) is 41.8. The second kappa shape index (κ2) is 18.8. The van der Waals surface area contributed by atoms with Gasteiger partial charge in [-0.05, 0) is 159 Å². The van der Waals surface area contributed by atoms with Crippen LogP contribution in [0.2, 0.25) is 0 Å². The van der Waals surface area contributed by atoms with E-state index in [1.165, 1.54) is 66.4 Å². The summed E-state index contributed by atoms with van der Waals surface area (Å²) < 4.78 is 2.46. The minimum atomic E-state index is -0.554. The average molecular weight is 970 g/mol. The van der Waals surface area contributed by atoms with Gasteiger partial charge < -0.3 is 14.4 Å². The van der Waals surface area contributed by atoms with Gasteiger partial charge in [0.15, 0.2) is 0 Å². The lowest BCUT2D eigenvalue weighted by Crippen LogP contribution is -2.28. The first-order chi connectivity index (χ1) is 37.7. The molecule has 3 heteroatoms. The normalized spacial score (nSPS) is 12.3. The van der Waals surface area contributed by atoms with Crippen LogP contribution in [0.15, 0.2) is 309 Å². The van der Waals surface area contributed by atoms with Crippen molar-refractivity contribution in [2.75, 3.05) is 9.80 Å². The number of hydrogen-bond acceptors (Lipinski definition) is 2. The van der Waals surface area contributed by atoms with E-state index in [-0.39, 0.29) is 0 Å². The van der Waals surface area contributed by atoms with E-state index in [0.29, 0.717) is 0 Å². The van der Waals surface area contributed by atoms with Gasteiger partial charge in [0.25, 0.3) is 0 Å². The van der Waals surface area contributed by atoms with Crippen molar-refractivity contribution in [2.24, 2.45) is 0 Å². The molecule has 0 saturated carbocycles. The van der Waals surface area contributed by atoms with Crippen molar-refractivity contribution in [3.05, 3.63) is 332 Å². The topological polar surface area (TPSA) is 11.4 Å². The van der Waals surface area contributed by atoms with Crippen molar-refractivity contribution < 1.29 is 0 Å². The summed E-state index contributed by atoms with van der Waals surface area (Å²) in [6.07, 6.45) is 0. The number of anilines is 6. The van der Waals surface area contributed by atoms with Crippen LogP contribution in [0.1, 0.15) is 22.3 Å². The molecule has 1 aliphatic rings. The molecule has 12 aromatic carbocycles. The Balaban J connectivity index is 0.992. The number of benzene rings is 12. The van der Waals surface area contributed by atoms with Gasteiger partial charge in [0.1, 0.15) is 0 Å². The largest absolute Gasteiger partial charge is 0.311 e. The molecule has 0 saturated heterocycles. The number of aromatic nitrogens is 1. The molecule has 0 N–H and O–H groups in total. The van der Waals surface area contributed by atoms with Crippen molar-refractivity contribution in [3.63, 3.8) is 0 Å². The Labute approximate surface area is 444 Å². The van der Waals surface area contributed by atoms with Crippen LogP contribution < -0.4 is 9.80 Å². The minimum Gasteiger partial charge on any atom is -0.311 e. The zero-order valence-electron chi connectivity index (χ0n) is 41.8. The molecule has 13 aromatic rings. The van der Waals surface area contributed by atoms with Crippen LogP contribution in [0.4, 0.5) is 34.1 Å². The quantitative estimate of drug-likeness (QED) is 0.128. The summed E-state index contributed by atoms with van der Waals surface area (Å²) in [5, 5.41) is 2.35. The third kappa shape index (κ3) is 7.51. The summed E-state index contributed by atoms with van der Waals surface area (Å²) in [6.45, 7) is 0. The fraction of sp³-hybridized carbons (Fsp3) is 0.0137. The van der Waals surface area contributed by atoms with Crippen LogP contribution in [0, 0.1) is 0 Å². The molecule has 76 heavy (non-hydrogen) atoms. The SMILES string of the molecule is c1ccc(-c2ccc(N(c3ccc(-c4ccccc4)cc3)c3ccc4c(c3)c3cc(C5(c6ccccc6)c6ccccc6-c6ccccc65)ccc3n4-c3ccc(N(c4ccccc4)c4ccccc4)cc3)cc2)cc1. The summed E-state index contributed by atoms with van der Waals surface area (Å²) in [6, 6.07) is 113. The van der Waals surface area contributed by atoms with E-state index in [0.717, 1.165) is 50.8 Å². The lowest BCUT2D eigenvalue weighted by molar-refractivity contribution is 0.770. The highest BCUT2D eigenvalue weighted by molar-refractivity contribution is 6.11. The van der Waals surface area contributed by atoms with Crippen LogP contribution in [-0.2, 0) is 5.41 Å². The van der Waals surface area contributed by atoms with Crippen LogP contribution >= 0.6 is 0 Å². The molecular weight excluding hydrogens is 919 g/mol. The highest BCUT2D eigenvalue weighted by Gasteiger charge is 2.46. The van der Waals surface area contributed by atoms with Gasteiger partial charge in [0, 0.05) is 50.6 Å². The van der Waals surface area contributed by atoms with Crippen molar-refractivity contribution in [1.82, 2.24) is 4.57 Å². The number of fused-ring (bicyclic) bond motifs is 6. The maximum absolute atomic E-state index is 2.50. The van der Waals surface area contributed by atoms with Crippen molar-refractivity contribution in [1.29, 1.82) is 0 Å². The first-order valence-corrected chi connectivity index (χ1v) is 26.2. The lowest BCUT2D eigenvalue weighted by atomic mass is 9.67. The summed E-state index contributed by atoms with van der Waals surface area (Å²) in [7, 11) is 0. The summed E-state index contributed by atoms with van der Waals surface area (Å²) in [5.41, 5.74) is 21.7. The molecule has 0 bridgehead atoms. The third-order valence-electron chi connectivity index (χ3n) is 15.5. The monoisotopic (exact) mass is 969 g/mol. The van der Waals surface area contributed by atoms with E-state index >= 15 is 0 Å². The van der Waals surface area contributed by atoms with E-state index < -0.39 is 5.41 Å². The van der Waals surface area contributed by atoms with Gasteiger partial charge in [-0.15, -0.1) is 0 Å². The number of rotatable bonds is 11. The maximum Gasteiger partial charge on any atom is 0.0713 e. The smallest absolute Gasteiger partial charge is 0.0713 e. The van der Waals surface area contributed by atoms with Crippen molar-refractivity contribution in [2.45, 2.75) is 5.41 Å². The summed E-state index contributed by atoms with van der Waals surface area (Å²) in [5.74, 6) is 0. The van der Waals surface area contributed by atoms with E-state index in [1.807, 2.05) is 0 Å². The highest BCUT2D eigenvalue weighted by atomic mass is 15.1. The van der Waals surface area contributed by atoms with Crippen LogP contribution in [0.5, 0.6) is 0 Å². The Morgan fingerprint density at radius 1 is 0.250 bits per heavy atom. The Kier molecular flexibility index (Phi) is 11.1. The molecule has 3 nitrogen and oxygen atoms in total. The Bertz CT molecular complexity index is 4000. The van der Waals surface area contributed by atoms with E-state index in [4.69, 9.17) is 0 Å². The van der Waals surface area contributed by atoms with Crippen LogP contribution in [0.25, 0.3) is 60.9 Å². The van der Waals surface area contributed by atoms with Gasteiger partial charge in [0.05, 0.1) is 16.4 Å². The molecule has 0 unspecified atom stereocenters. The standard InChI is InChI=1S/C73H51N3/c1-6-20-52(21-7-1)54-34-39-60(40-35-54)75(61-41-36-55(37-42-61)53-22-8-2-9-23-53)64-47-49-72-68(51-64)67-50-57(73(56-24-10-3-11-25-56)69-32-18-16-30-65(69)66-31-17-19-33-70(66)73)38-48-71(67)76(72)63-45-43-62(44-46-63)74(58-26-12-4-13-27-58)59-28-14-5-15-29-59/h1-51H. The number of nitrogens with zero attached hydrogens (tertiary/aromatic N) is 3. The predicted octanol–water partition coefficient (Wildman–Crippen LogP) is 19.4. The van der Waals surface area contributed by atoms with Gasteiger partial charge in [-0.2, -0.15) is 0 Å². The Morgan fingerprint density at radius 2 is 0.605 bits per heavy atom. The summed E-state index contributed by atoms with van der Waals surface area (Å²) in [4.78, 5) is 4.73. The Hall–Kier alpha value is -9.96. The first kappa shape index (κ1) is 44.7. The van der Waals surface area contributed by atoms with Crippen LogP contribution in [-0.4, -0.2) is 4.57 Å². The minimum absolute atomic E-state index is 0.554. The highest BCUT2D eigenvalue weighted by Crippen LogP contribution is 2.57. The van der Waals surface area contributed by atoms with Gasteiger partial charge >= 0.3 is 0 Å². The zero-order chi connectivity index (χ0) is 50.4. The summed E-state index contributed by atoms with van der Waals surface area (Å²) >= 11 is 0. The van der Waals surface area contributed by atoms with Crippen molar-refractivity contribution >= 4 is 55.9 Å². The third-order valence-corrected chi connectivity index (χ3v) is 15.5. The van der Waals surface area contributed by atoms with E-state index in [1.54, 1.807) is 0 Å². The molecule has 1 aliphatic carbocycles. The van der Waals surface area contributed by atoms with E-state index in [2.05, 4.69) is 324 Å². The molecule has 0 spiro atoms. The average Bonchev–Trinajstić information content (AvgIpc) is 4.18. The molecule has 14 rings (SSSR count). The van der Waals surface area contributed by atoms with Gasteiger partial charge in [-0.1, -0.05) is 206 Å². The molecular formula is C73H51N3. The number of hydrogen-bond donors (Lipinski definition) is 0. The lowest BCUT2D eigenvalue weighted by Gasteiger charge is -2.34. The van der Waals surface area contributed by atoms with Crippen molar-refractivity contribution in [3.8, 4) is 39.1 Å². The molecule has 0 aliphatic heterocycles. The predicted molar refractivity (Wildman–Crippen MR) is 318 cm³/mol. The second-order valence-corrected chi connectivity index (χ2v) is 19.7. The fourth-order valence-corrected chi connectivity index (χ4v) is 12.0. The molecule has 0 radical (unpaired) electrons. The number of para-hydroxylation sites is 2. The molecule has 0 atom stereocenters. The molecule has 0 fully saturated rings. The fourth-order valence-electron chi connectivity index (χ4n) is 12.0. The molecule has 1 aromatic heterocycles.